The molecule has 1 spiro atoms. The molecule has 0 aromatic heterocycles. The van der Waals surface area contributed by atoms with E-state index in [9.17, 15) is 5.11 Å². The predicted octanol–water partition coefficient (Wildman–Crippen LogP) is -0.0312. The second-order valence-corrected chi connectivity index (χ2v) is 7.69. The van der Waals surface area contributed by atoms with Gasteiger partial charge in [0.1, 0.15) is 12.2 Å². The molecular formula is C17H30N2O5. The molecule has 7 heteroatoms. The fourth-order valence-electron chi connectivity index (χ4n) is 3.99. The Hall–Kier alpha value is -0.280. The molecule has 3 N–H and O–H groups in total. The molecule has 0 aromatic carbocycles. The van der Waals surface area contributed by atoms with Gasteiger partial charge in [-0.1, -0.05) is 19.8 Å². The lowest BCUT2D eigenvalue weighted by molar-refractivity contribution is -0.355. The minimum absolute atomic E-state index is 0.0224. The van der Waals surface area contributed by atoms with Crippen molar-refractivity contribution >= 4 is 0 Å². The van der Waals surface area contributed by atoms with Crippen LogP contribution in [0.15, 0.2) is 0 Å². The smallest absolute Gasteiger partial charge is 0.248 e. The zero-order valence-corrected chi connectivity index (χ0v) is 14.7. The Morgan fingerprint density at radius 3 is 2.46 bits per heavy atom. The molecule has 8 atom stereocenters. The molecule has 7 nitrogen and oxygen atoms in total. The van der Waals surface area contributed by atoms with Crippen LogP contribution in [0.5, 0.6) is 0 Å². The Kier molecular flexibility index (Phi) is 4.62. The number of aliphatic hydroxyl groups is 1. The number of ether oxygens (including phenoxy) is 4. The molecule has 5 fully saturated rings. The van der Waals surface area contributed by atoms with Crippen molar-refractivity contribution in [1.82, 2.24) is 10.6 Å². The summed E-state index contributed by atoms with van der Waals surface area (Å²) in [5.41, 5.74) is 0. The summed E-state index contributed by atoms with van der Waals surface area (Å²) in [6.45, 7) is 2.92. The minimum Gasteiger partial charge on any atom is -0.390 e. The van der Waals surface area contributed by atoms with Gasteiger partial charge in [-0.15, -0.1) is 0 Å². The molecule has 0 aromatic rings. The van der Waals surface area contributed by atoms with Gasteiger partial charge in [0, 0.05) is 12.5 Å². The lowest BCUT2D eigenvalue weighted by atomic mass is 9.82. The van der Waals surface area contributed by atoms with Crippen LogP contribution < -0.4 is 10.6 Å². The number of fused-ring (bicyclic) bond motifs is 1. The molecule has 8 unspecified atom stereocenters. The van der Waals surface area contributed by atoms with Gasteiger partial charge in [0.15, 0.2) is 0 Å². The van der Waals surface area contributed by atoms with E-state index in [1.807, 2.05) is 14.1 Å². The molecule has 5 rings (SSSR count). The summed E-state index contributed by atoms with van der Waals surface area (Å²) in [4.78, 5) is 0. The normalized spacial score (nSPS) is 52.2. The van der Waals surface area contributed by atoms with Crippen molar-refractivity contribution in [3.8, 4) is 0 Å². The van der Waals surface area contributed by atoms with Gasteiger partial charge in [-0.05, 0) is 26.4 Å². The first-order valence-electron chi connectivity index (χ1n) is 9.24. The summed E-state index contributed by atoms with van der Waals surface area (Å²) < 4.78 is 23.7. The number of likely N-dealkylation sites (N-methyl/N-ethyl adjacent to an activating group) is 2. The molecular weight excluding hydrogens is 312 g/mol. The lowest BCUT2D eigenvalue weighted by Crippen LogP contribution is -2.69. The van der Waals surface area contributed by atoms with E-state index in [1.165, 1.54) is 12.8 Å². The van der Waals surface area contributed by atoms with Gasteiger partial charge in [-0.3, -0.25) is 0 Å². The summed E-state index contributed by atoms with van der Waals surface area (Å²) in [6, 6.07) is -0.209. The minimum atomic E-state index is -0.735. The maximum atomic E-state index is 10.4. The zero-order valence-electron chi connectivity index (χ0n) is 14.7. The zero-order chi connectivity index (χ0) is 16.9. The van der Waals surface area contributed by atoms with E-state index in [-0.39, 0.29) is 30.4 Å². The third-order valence-electron chi connectivity index (χ3n) is 5.87. The van der Waals surface area contributed by atoms with Crippen LogP contribution in [0.25, 0.3) is 0 Å². The summed E-state index contributed by atoms with van der Waals surface area (Å²) in [6.07, 6.45) is 3.29. The second kappa shape index (κ2) is 6.46. The highest BCUT2D eigenvalue weighted by molar-refractivity contribution is 5.09. The van der Waals surface area contributed by atoms with E-state index in [0.29, 0.717) is 13.0 Å². The van der Waals surface area contributed by atoms with Crippen LogP contribution in [0.1, 0.15) is 32.6 Å². The third-order valence-corrected chi connectivity index (χ3v) is 5.87. The van der Waals surface area contributed by atoms with E-state index < -0.39 is 18.2 Å². The number of hydrogen-bond donors (Lipinski definition) is 3. The van der Waals surface area contributed by atoms with Gasteiger partial charge >= 0.3 is 0 Å². The van der Waals surface area contributed by atoms with Crippen molar-refractivity contribution in [3.05, 3.63) is 0 Å². The van der Waals surface area contributed by atoms with Gasteiger partial charge in [0.25, 0.3) is 0 Å². The molecule has 0 radical (unpaired) electrons. The fraction of sp³-hybridized carbons (Fsp3) is 1.00. The van der Waals surface area contributed by atoms with Crippen molar-refractivity contribution in [2.24, 2.45) is 5.92 Å². The van der Waals surface area contributed by atoms with E-state index in [0.717, 1.165) is 12.3 Å². The average molecular weight is 342 g/mol. The van der Waals surface area contributed by atoms with Gasteiger partial charge in [-0.25, -0.2) is 0 Å². The number of nitrogens with one attached hydrogen (secondary N) is 2. The number of hydrogen-bond acceptors (Lipinski definition) is 7. The monoisotopic (exact) mass is 342 g/mol. The predicted molar refractivity (Wildman–Crippen MR) is 86.4 cm³/mol. The van der Waals surface area contributed by atoms with Crippen LogP contribution in [0.2, 0.25) is 0 Å². The molecule has 2 aliphatic carbocycles. The Morgan fingerprint density at radius 1 is 1.08 bits per heavy atom. The first kappa shape index (κ1) is 17.1. The van der Waals surface area contributed by atoms with Gasteiger partial charge in [0.2, 0.25) is 12.1 Å². The molecule has 3 aliphatic heterocycles. The Balaban J connectivity index is 0.000000321. The lowest BCUT2D eigenvalue weighted by Gasteiger charge is -2.50. The van der Waals surface area contributed by atoms with Crippen molar-refractivity contribution < 1.29 is 24.1 Å². The summed E-state index contributed by atoms with van der Waals surface area (Å²) in [5, 5.41) is 16.7. The molecule has 24 heavy (non-hydrogen) atoms. The molecule has 138 valence electrons. The Morgan fingerprint density at radius 2 is 1.83 bits per heavy atom. The van der Waals surface area contributed by atoms with Crippen LogP contribution in [0.3, 0.4) is 0 Å². The number of rotatable bonds is 2. The molecule has 5 aliphatic rings. The van der Waals surface area contributed by atoms with Crippen molar-refractivity contribution in [2.45, 2.75) is 81.2 Å². The highest BCUT2D eigenvalue weighted by atomic mass is 16.9. The summed E-state index contributed by atoms with van der Waals surface area (Å²) in [7, 11) is 3.68. The van der Waals surface area contributed by atoms with E-state index in [2.05, 4.69) is 17.6 Å². The van der Waals surface area contributed by atoms with Gasteiger partial charge in [0.05, 0.1) is 24.9 Å². The van der Waals surface area contributed by atoms with Crippen LogP contribution >= 0.6 is 0 Å². The van der Waals surface area contributed by atoms with E-state index in [1.54, 1.807) is 0 Å². The molecule has 0 amide bonds. The molecule has 2 saturated carbocycles. The van der Waals surface area contributed by atoms with E-state index >= 15 is 0 Å². The fourth-order valence-corrected chi connectivity index (χ4v) is 3.99. The Labute approximate surface area is 143 Å². The van der Waals surface area contributed by atoms with Gasteiger partial charge < -0.3 is 34.7 Å². The SMILES string of the molecule is CC1CC1.CNC1CC2OC3OCCC4OC43OC2C(NC)C1O. The summed E-state index contributed by atoms with van der Waals surface area (Å²) in [5.74, 6) is 0.348. The highest BCUT2D eigenvalue weighted by Gasteiger charge is 2.72. The first-order valence-corrected chi connectivity index (χ1v) is 9.24. The third kappa shape index (κ3) is 2.90. The Bertz CT molecular complexity index is 462. The van der Waals surface area contributed by atoms with E-state index in [4.69, 9.17) is 18.9 Å². The molecule has 0 bridgehead atoms. The number of epoxide rings is 1. The van der Waals surface area contributed by atoms with Gasteiger partial charge in [-0.2, -0.15) is 0 Å². The second-order valence-electron chi connectivity index (χ2n) is 7.69. The van der Waals surface area contributed by atoms with Crippen molar-refractivity contribution in [1.29, 1.82) is 0 Å². The maximum absolute atomic E-state index is 10.4. The summed E-state index contributed by atoms with van der Waals surface area (Å²) >= 11 is 0. The van der Waals surface area contributed by atoms with Crippen LogP contribution in [-0.2, 0) is 18.9 Å². The van der Waals surface area contributed by atoms with Crippen LogP contribution in [0, 0.1) is 5.92 Å². The van der Waals surface area contributed by atoms with Crippen molar-refractivity contribution in [2.75, 3.05) is 20.7 Å². The quantitative estimate of drug-likeness (QED) is 0.608. The van der Waals surface area contributed by atoms with Crippen molar-refractivity contribution in [3.63, 3.8) is 0 Å². The van der Waals surface area contributed by atoms with Crippen LogP contribution in [-0.4, -0.2) is 74.4 Å². The largest absolute Gasteiger partial charge is 0.390 e. The first-order chi connectivity index (χ1) is 11.6. The highest BCUT2D eigenvalue weighted by Crippen LogP contribution is 2.52. The topological polar surface area (TPSA) is 84.5 Å². The maximum Gasteiger partial charge on any atom is 0.248 e. The average Bonchev–Trinajstić information content (AvgIpc) is 3.49. The standard InChI is InChI=1S/C13H22N2O5.C4H8/c1-14-6-5-7-11(9(15-2)10(6)16)20-13-8(19-13)3-4-17-12(13)18-7;1-4-2-3-4/h6-12,14-16H,3-5H2,1-2H3;4H,2-3H2,1H3. The molecule has 3 saturated heterocycles. The number of aliphatic hydroxyl groups excluding tert-OH is 1. The van der Waals surface area contributed by atoms with Crippen LogP contribution in [0.4, 0.5) is 0 Å². The molecule has 3 heterocycles.